The zero-order valence-corrected chi connectivity index (χ0v) is 12.4. The highest BCUT2D eigenvalue weighted by Crippen LogP contribution is 2.44. The van der Waals surface area contributed by atoms with E-state index in [1.807, 2.05) is 13.8 Å². The smallest absolute Gasteiger partial charge is 0.407 e. The Labute approximate surface area is 114 Å². The van der Waals surface area contributed by atoms with Crippen molar-refractivity contribution in [3.63, 3.8) is 0 Å². The summed E-state index contributed by atoms with van der Waals surface area (Å²) in [7, 11) is 0. The van der Waals surface area contributed by atoms with Crippen LogP contribution in [0.4, 0.5) is 4.79 Å². The van der Waals surface area contributed by atoms with E-state index in [2.05, 4.69) is 5.32 Å². The molecule has 2 unspecified atom stereocenters. The third-order valence-corrected chi connectivity index (χ3v) is 3.80. The number of amides is 1. The van der Waals surface area contributed by atoms with Crippen molar-refractivity contribution in [2.75, 3.05) is 0 Å². The van der Waals surface area contributed by atoms with Crippen molar-refractivity contribution in [3.8, 4) is 0 Å². The van der Waals surface area contributed by atoms with Gasteiger partial charge in [0.25, 0.3) is 0 Å². The molecule has 0 aromatic carbocycles. The molecule has 2 atom stereocenters. The van der Waals surface area contributed by atoms with Crippen molar-refractivity contribution in [2.24, 2.45) is 11.3 Å². The summed E-state index contributed by atoms with van der Waals surface area (Å²) in [5.74, 6) is -0.716. The summed E-state index contributed by atoms with van der Waals surface area (Å²) >= 11 is 0. The van der Waals surface area contributed by atoms with Gasteiger partial charge in [-0.1, -0.05) is 13.8 Å². The topological polar surface area (TPSA) is 75.6 Å². The van der Waals surface area contributed by atoms with Gasteiger partial charge < -0.3 is 15.2 Å². The lowest BCUT2D eigenvalue weighted by atomic mass is 9.75. The van der Waals surface area contributed by atoms with Gasteiger partial charge in [-0.15, -0.1) is 0 Å². The van der Waals surface area contributed by atoms with Gasteiger partial charge in [0.2, 0.25) is 0 Å². The Morgan fingerprint density at radius 3 is 2.32 bits per heavy atom. The van der Waals surface area contributed by atoms with Crippen LogP contribution < -0.4 is 5.32 Å². The van der Waals surface area contributed by atoms with Crippen LogP contribution >= 0.6 is 0 Å². The Hall–Kier alpha value is -1.26. The first-order valence-corrected chi connectivity index (χ1v) is 6.80. The Bertz CT molecular complexity index is 359. The standard InChI is InChI=1S/C14H25NO4/c1-9(2)14(11(16)17)7-6-10(8-14)15-12(18)19-13(3,4)5/h9-10H,6-8H2,1-5H3,(H,15,18)(H,16,17). The fraction of sp³-hybridized carbons (Fsp3) is 0.857. The van der Waals surface area contributed by atoms with Gasteiger partial charge in [0.1, 0.15) is 5.60 Å². The van der Waals surface area contributed by atoms with Crippen molar-refractivity contribution in [2.45, 2.75) is 65.5 Å². The molecule has 0 radical (unpaired) electrons. The second-order valence-electron chi connectivity index (χ2n) is 6.70. The van der Waals surface area contributed by atoms with Crippen LogP contribution in [0.15, 0.2) is 0 Å². The zero-order valence-electron chi connectivity index (χ0n) is 12.4. The van der Waals surface area contributed by atoms with Gasteiger partial charge >= 0.3 is 12.1 Å². The van der Waals surface area contributed by atoms with Gasteiger partial charge in [0, 0.05) is 6.04 Å². The summed E-state index contributed by atoms with van der Waals surface area (Å²) < 4.78 is 5.19. The molecule has 2 N–H and O–H groups in total. The maximum absolute atomic E-state index is 11.7. The van der Waals surface area contributed by atoms with Gasteiger partial charge in [-0.3, -0.25) is 4.79 Å². The predicted octanol–water partition coefficient (Wildman–Crippen LogP) is 2.79. The lowest BCUT2D eigenvalue weighted by Gasteiger charge is -2.29. The Balaban J connectivity index is 2.61. The molecule has 5 heteroatoms. The van der Waals surface area contributed by atoms with Crippen LogP contribution in [-0.4, -0.2) is 28.8 Å². The molecule has 1 aliphatic rings. The van der Waals surface area contributed by atoms with Crippen LogP contribution in [0.5, 0.6) is 0 Å². The number of rotatable bonds is 3. The summed E-state index contributed by atoms with van der Waals surface area (Å²) in [6, 6.07) is -0.117. The first-order chi connectivity index (χ1) is 8.57. The molecule has 1 amide bonds. The minimum atomic E-state index is -0.768. The number of hydrogen-bond donors (Lipinski definition) is 2. The minimum absolute atomic E-state index is 0.0513. The quantitative estimate of drug-likeness (QED) is 0.827. The average molecular weight is 271 g/mol. The van der Waals surface area contributed by atoms with E-state index in [0.717, 1.165) is 0 Å². The van der Waals surface area contributed by atoms with Gasteiger partial charge in [-0.25, -0.2) is 4.79 Å². The van der Waals surface area contributed by atoms with Crippen LogP contribution in [0.2, 0.25) is 0 Å². The molecule has 19 heavy (non-hydrogen) atoms. The minimum Gasteiger partial charge on any atom is -0.481 e. The molecule has 0 bridgehead atoms. The molecule has 0 saturated heterocycles. The molecule has 5 nitrogen and oxygen atoms in total. The van der Waals surface area contributed by atoms with E-state index >= 15 is 0 Å². The molecular weight excluding hydrogens is 246 g/mol. The van der Waals surface area contributed by atoms with Crippen molar-refractivity contribution >= 4 is 12.1 Å². The third kappa shape index (κ3) is 3.85. The van der Waals surface area contributed by atoms with Gasteiger partial charge in [0.15, 0.2) is 0 Å². The first-order valence-electron chi connectivity index (χ1n) is 6.80. The lowest BCUT2D eigenvalue weighted by Crippen LogP contribution is -2.40. The van der Waals surface area contributed by atoms with Crippen LogP contribution in [0.25, 0.3) is 0 Å². The molecule has 0 spiro atoms. The van der Waals surface area contributed by atoms with Crippen molar-refractivity contribution < 1.29 is 19.4 Å². The molecule has 0 aliphatic heterocycles. The fourth-order valence-corrected chi connectivity index (χ4v) is 2.64. The predicted molar refractivity (Wildman–Crippen MR) is 71.9 cm³/mol. The van der Waals surface area contributed by atoms with Gasteiger partial charge in [-0.05, 0) is 46.0 Å². The average Bonchev–Trinajstić information content (AvgIpc) is 2.59. The summed E-state index contributed by atoms with van der Waals surface area (Å²) in [5, 5.41) is 12.2. The maximum Gasteiger partial charge on any atom is 0.407 e. The molecule has 110 valence electrons. The second kappa shape index (κ2) is 5.39. The Kier molecular flexibility index (Phi) is 4.48. The van der Waals surface area contributed by atoms with E-state index in [0.29, 0.717) is 19.3 Å². The number of carboxylic acids is 1. The largest absolute Gasteiger partial charge is 0.481 e. The molecule has 1 fully saturated rings. The SMILES string of the molecule is CC(C)C1(C(=O)O)CCC(NC(=O)OC(C)(C)C)C1. The Morgan fingerprint density at radius 2 is 1.95 bits per heavy atom. The second-order valence-corrected chi connectivity index (χ2v) is 6.70. The van der Waals surface area contributed by atoms with E-state index in [4.69, 9.17) is 4.74 Å². The number of carbonyl (C=O) groups excluding carboxylic acids is 1. The molecule has 1 aliphatic carbocycles. The van der Waals surface area contributed by atoms with Crippen molar-refractivity contribution in [1.29, 1.82) is 0 Å². The molecule has 1 saturated carbocycles. The van der Waals surface area contributed by atoms with E-state index in [1.54, 1.807) is 20.8 Å². The monoisotopic (exact) mass is 271 g/mol. The highest BCUT2D eigenvalue weighted by molar-refractivity contribution is 5.76. The summed E-state index contributed by atoms with van der Waals surface area (Å²) in [6.45, 7) is 9.25. The number of alkyl carbamates (subject to hydrolysis) is 1. The van der Waals surface area contributed by atoms with E-state index in [9.17, 15) is 14.7 Å². The molecule has 1 rings (SSSR count). The molecule has 0 aromatic heterocycles. The van der Waals surface area contributed by atoms with Crippen LogP contribution in [-0.2, 0) is 9.53 Å². The zero-order chi connectivity index (χ0) is 14.8. The lowest BCUT2D eigenvalue weighted by molar-refractivity contribution is -0.151. The summed E-state index contributed by atoms with van der Waals surface area (Å²) in [5.41, 5.74) is -1.26. The third-order valence-electron chi connectivity index (χ3n) is 3.80. The number of aliphatic carboxylic acids is 1. The molecule has 0 heterocycles. The number of ether oxygens (including phenoxy) is 1. The first kappa shape index (κ1) is 15.8. The van der Waals surface area contributed by atoms with Gasteiger partial charge in [0.05, 0.1) is 5.41 Å². The molecular formula is C14H25NO4. The number of nitrogens with one attached hydrogen (secondary N) is 1. The number of carboxylic acid groups (broad SMARTS) is 1. The normalized spacial score (nSPS) is 27.4. The maximum atomic E-state index is 11.7. The van der Waals surface area contributed by atoms with Crippen LogP contribution in [0.1, 0.15) is 53.9 Å². The van der Waals surface area contributed by atoms with E-state index in [1.165, 1.54) is 0 Å². The van der Waals surface area contributed by atoms with Crippen molar-refractivity contribution in [3.05, 3.63) is 0 Å². The van der Waals surface area contributed by atoms with E-state index in [-0.39, 0.29) is 12.0 Å². The Morgan fingerprint density at radius 1 is 1.37 bits per heavy atom. The summed E-state index contributed by atoms with van der Waals surface area (Å²) in [6.07, 6.45) is 1.28. The highest BCUT2D eigenvalue weighted by Gasteiger charge is 2.48. The van der Waals surface area contributed by atoms with Gasteiger partial charge in [-0.2, -0.15) is 0 Å². The molecule has 0 aromatic rings. The highest BCUT2D eigenvalue weighted by atomic mass is 16.6. The number of carbonyl (C=O) groups is 2. The van der Waals surface area contributed by atoms with E-state index < -0.39 is 23.1 Å². The van der Waals surface area contributed by atoms with Crippen LogP contribution in [0.3, 0.4) is 0 Å². The van der Waals surface area contributed by atoms with Crippen molar-refractivity contribution in [1.82, 2.24) is 5.32 Å². The van der Waals surface area contributed by atoms with Crippen LogP contribution in [0, 0.1) is 11.3 Å². The number of hydrogen-bond acceptors (Lipinski definition) is 3. The fourth-order valence-electron chi connectivity index (χ4n) is 2.64. The summed E-state index contributed by atoms with van der Waals surface area (Å²) in [4.78, 5) is 23.2.